The fourth-order valence-corrected chi connectivity index (χ4v) is 6.62. The maximum atomic E-state index is 13.7. The van der Waals surface area contributed by atoms with Crippen molar-refractivity contribution in [3.8, 4) is 11.5 Å². The number of likely N-dealkylation sites (tertiary alicyclic amines) is 1. The molecule has 2 heterocycles. The normalized spacial score (nSPS) is 15.1. The number of hydrogen-bond donors (Lipinski definition) is 2. The van der Waals surface area contributed by atoms with Gasteiger partial charge in [0, 0.05) is 39.7 Å². The van der Waals surface area contributed by atoms with E-state index in [1.54, 1.807) is 24.4 Å². The Bertz CT molecular complexity index is 1460. The lowest BCUT2D eigenvalue weighted by Crippen LogP contribution is -2.39. The molecule has 1 aliphatic rings. The minimum atomic E-state index is -5.08. The minimum absolute atomic E-state index is 0.0810. The largest absolute Gasteiger partial charge is 0.493 e. The predicted molar refractivity (Wildman–Crippen MR) is 143 cm³/mol. The smallest absolute Gasteiger partial charge is 0.490 e. The molecule has 39 heavy (non-hydrogen) atoms. The zero-order valence-corrected chi connectivity index (χ0v) is 24.0. The lowest BCUT2D eigenvalue weighted by molar-refractivity contribution is -0.192. The van der Waals surface area contributed by atoms with Crippen LogP contribution in [-0.2, 0) is 21.4 Å². The molecule has 0 aliphatic carbocycles. The number of hydrogen-bond acceptors (Lipinski definition) is 7. The number of halogens is 5. The van der Waals surface area contributed by atoms with Crippen molar-refractivity contribution < 1.29 is 41.0 Å². The van der Waals surface area contributed by atoms with Crippen LogP contribution in [0.5, 0.6) is 11.5 Å². The van der Waals surface area contributed by atoms with Crippen LogP contribution >= 0.6 is 27.5 Å². The first-order chi connectivity index (χ1) is 18.2. The van der Waals surface area contributed by atoms with Crippen LogP contribution in [0.3, 0.4) is 0 Å². The molecule has 0 atom stereocenters. The Balaban J connectivity index is 0.000000532. The van der Waals surface area contributed by atoms with E-state index >= 15 is 0 Å². The summed E-state index contributed by atoms with van der Waals surface area (Å²) < 4.78 is 71.5. The molecular weight excluding hydrogens is 631 g/mol. The average Bonchev–Trinajstić information content (AvgIpc) is 3.23. The van der Waals surface area contributed by atoms with Gasteiger partial charge >= 0.3 is 12.1 Å². The van der Waals surface area contributed by atoms with Gasteiger partial charge in [0.2, 0.25) is 0 Å². The Morgan fingerprint density at radius 3 is 2.26 bits per heavy atom. The number of ether oxygens (including phenoxy) is 2. The van der Waals surface area contributed by atoms with E-state index < -0.39 is 22.2 Å². The van der Waals surface area contributed by atoms with Crippen molar-refractivity contribution in [1.29, 1.82) is 0 Å². The number of piperidine rings is 1. The molecule has 15 heteroatoms. The summed E-state index contributed by atoms with van der Waals surface area (Å²) in [5.74, 6) is -1.99. The van der Waals surface area contributed by atoms with Crippen molar-refractivity contribution in [1.82, 2.24) is 8.87 Å². The molecule has 0 radical (unpaired) electrons. The molecule has 0 bridgehead atoms. The molecule has 0 unspecified atom stereocenters. The van der Waals surface area contributed by atoms with Gasteiger partial charge in [-0.2, -0.15) is 13.2 Å². The third-order valence-corrected chi connectivity index (χ3v) is 8.93. The number of aromatic nitrogens is 1. The van der Waals surface area contributed by atoms with Crippen molar-refractivity contribution in [2.24, 2.45) is 5.73 Å². The second-order valence-electron chi connectivity index (χ2n) is 8.67. The maximum Gasteiger partial charge on any atom is 0.490 e. The number of benzene rings is 2. The average molecular weight is 657 g/mol. The molecule has 1 fully saturated rings. The third-order valence-electron chi connectivity index (χ3n) is 6.06. The molecule has 4 rings (SSSR count). The zero-order chi connectivity index (χ0) is 29.1. The van der Waals surface area contributed by atoms with Gasteiger partial charge in [0.1, 0.15) is 4.90 Å². The molecule has 1 aromatic heterocycles. The van der Waals surface area contributed by atoms with E-state index in [9.17, 15) is 21.6 Å². The highest BCUT2D eigenvalue weighted by Gasteiger charge is 2.38. The Morgan fingerprint density at radius 1 is 1.15 bits per heavy atom. The van der Waals surface area contributed by atoms with E-state index in [1.165, 1.54) is 24.3 Å². The molecule has 3 N–H and O–H groups in total. The van der Waals surface area contributed by atoms with Gasteiger partial charge in [-0.05, 0) is 71.7 Å². The van der Waals surface area contributed by atoms with Crippen LogP contribution in [-0.4, -0.2) is 67.9 Å². The summed E-state index contributed by atoms with van der Waals surface area (Å²) in [6.07, 6.45) is -1.54. The van der Waals surface area contributed by atoms with Gasteiger partial charge in [-0.25, -0.2) is 17.2 Å². The molecule has 9 nitrogen and oxygen atoms in total. The lowest BCUT2D eigenvalue weighted by atomic mass is 10.1. The molecule has 1 saturated heterocycles. The molecule has 0 saturated carbocycles. The Labute approximate surface area is 236 Å². The van der Waals surface area contributed by atoms with Crippen LogP contribution in [0, 0.1) is 0 Å². The third kappa shape index (κ3) is 7.17. The molecule has 3 aromatic rings. The molecule has 0 amide bonds. The van der Waals surface area contributed by atoms with Crippen molar-refractivity contribution >= 4 is 54.4 Å². The van der Waals surface area contributed by atoms with E-state index in [-0.39, 0.29) is 10.9 Å². The fourth-order valence-electron chi connectivity index (χ4n) is 4.05. The van der Waals surface area contributed by atoms with E-state index in [0.29, 0.717) is 33.1 Å². The molecule has 214 valence electrons. The number of methoxy groups -OCH3 is 2. The first-order valence-electron chi connectivity index (χ1n) is 11.4. The monoisotopic (exact) mass is 655 g/mol. The number of carbonyl (C=O) groups is 1. The fraction of sp³-hybridized carbons (Fsp3) is 0.375. The van der Waals surface area contributed by atoms with Gasteiger partial charge in [-0.3, -0.25) is 4.90 Å². The van der Waals surface area contributed by atoms with Gasteiger partial charge in [-0.15, -0.1) is 0 Å². The van der Waals surface area contributed by atoms with Crippen molar-refractivity contribution in [3.63, 3.8) is 0 Å². The van der Waals surface area contributed by atoms with Crippen molar-refractivity contribution in [2.75, 3.05) is 27.3 Å². The molecule has 1 aliphatic heterocycles. The number of carboxylic acids is 1. The van der Waals surface area contributed by atoms with Gasteiger partial charge in [0.05, 0.1) is 19.7 Å². The SMILES string of the molecule is COc1cc(Br)c(S(=O)(=O)n2cc(CN3CCC(N)CC3)c3cc(Cl)ccc32)cc1OC.O=C(O)C(F)(F)F. The summed E-state index contributed by atoms with van der Waals surface area (Å²) in [6.45, 7) is 2.38. The summed E-state index contributed by atoms with van der Waals surface area (Å²) in [5, 5.41) is 8.49. The summed E-state index contributed by atoms with van der Waals surface area (Å²) in [4.78, 5) is 11.3. The van der Waals surface area contributed by atoms with E-state index in [4.69, 9.17) is 36.7 Å². The zero-order valence-electron chi connectivity index (χ0n) is 20.8. The lowest BCUT2D eigenvalue weighted by Gasteiger charge is -2.29. The van der Waals surface area contributed by atoms with Crippen LogP contribution in [0.25, 0.3) is 10.9 Å². The molecule has 0 spiro atoms. The van der Waals surface area contributed by atoms with Crippen LogP contribution in [0.15, 0.2) is 45.9 Å². The minimum Gasteiger partial charge on any atom is -0.493 e. The van der Waals surface area contributed by atoms with Crippen LogP contribution < -0.4 is 15.2 Å². The van der Waals surface area contributed by atoms with Gasteiger partial charge in [0.15, 0.2) is 11.5 Å². The van der Waals surface area contributed by atoms with E-state index in [0.717, 1.165) is 36.9 Å². The molecular formula is C24H26BrClF3N3O6S. The second kappa shape index (κ2) is 12.3. The van der Waals surface area contributed by atoms with Gasteiger partial charge in [-0.1, -0.05) is 11.6 Å². The summed E-state index contributed by atoms with van der Waals surface area (Å²) in [5.41, 5.74) is 7.50. The maximum absolute atomic E-state index is 13.7. The number of carboxylic acid groups (broad SMARTS) is 1. The number of rotatable bonds is 6. The number of alkyl halides is 3. The topological polar surface area (TPSA) is 124 Å². The van der Waals surface area contributed by atoms with E-state index in [1.807, 2.05) is 6.07 Å². The molecule has 2 aromatic carbocycles. The number of aliphatic carboxylic acids is 1. The number of nitrogens with two attached hydrogens (primary N) is 1. The van der Waals surface area contributed by atoms with Crippen molar-refractivity contribution in [3.05, 3.63) is 51.6 Å². The standard InChI is InChI=1S/C22H25BrClN3O4S.C2HF3O2/c1-30-20-10-18(23)22(11-21(20)31-2)32(28,29)27-13-14(12-26-7-5-16(25)6-8-26)17-9-15(24)3-4-19(17)27;3-2(4,5)1(6)7/h3-4,9-11,13,16H,5-8,12,25H2,1-2H3;(H,6,7). The van der Waals surface area contributed by atoms with Crippen LogP contribution in [0.2, 0.25) is 5.02 Å². The first-order valence-corrected chi connectivity index (χ1v) is 14.0. The quantitative estimate of drug-likeness (QED) is 0.386. The summed E-state index contributed by atoms with van der Waals surface area (Å²) in [7, 11) is -0.971. The number of fused-ring (bicyclic) bond motifs is 1. The summed E-state index contributed by atoms with van der Waals surface area (Å²) in [6, 6.07) is 8.53. The van der Waals surface area contributed by atoms with Crippen molar-refractivity contribution in [2.45, 2.75) is 36.5 Å². The Hall–Kier alpha value is -2.52. The highest BCUT2D eigenvalue weighted by molar-refractivity contribution is 9.10. The Morgan fingerprint density at radius 2 is 1.72 bits per heavy atom. The number of nitrogens with zero attached hydrogens (tertiary/aromatic N) is 2. The predicted octanol–water partition coefficient (Wildman–Crippen LogP) is 4.87. The van der Waals surface area contributed by atoms with E-state index in [2.05, 4.69) is 20.8 Å². The second-order valence-corrected chi connectivity index (χ2v) is 11.7. The highest BCUT2D eigenvalue weighted by atomic mass is 79.9. The first kappa shape index (κ1) is 31.0. The van der Waals surface area contributed by atoms with Crippen LogP contribution in [0.4, 0.5) is 13.2 Å². The van der Waals surface area contributed by atoms with Gasteiger partial charge < -0.3 is 20.3 Å². The van der Waals surface area contributed by atoms with Gasteiger partial charge in [0.25, 0.3) is 10.0 Å². The highest BCUT2D eigenvalue weighted by Crippen LogP contribution is 2.38. The van der Waals surface area contributed by atoms with Crippen LogP contribution in [0.1, 0.15) is 18.4 Å². The summed E-state index contributed by atoms with van der Waals surface area (Å²) >= 11 is 9.65. The Kier molecular flexibility index (Phi) is 9.81.